The summed E-state index contributed by atoms with van der Waals surface area (Å²) in [5.41, 5.74) is 1.53. The molecule has 3 heteroatoms. The van der Waals surface area contributed by atoms with E-state index in [1.54, 1.807) is 19.1 Å². The quantitative estimate of drug-likeness (QED) is 0.732. The third kappa shape index (κ3) is 3.60. The summed E-state index contributed by atoms with van der Waals surface area (Å²) in [4.78, 5) is 11.8. The van der Waals surface area contributed by atoms with Gasteiger partial charge in [0.25, 0.3) is 0 Å². The van der Waals surface area contributed by atoms with E-state index in [-0.39, 0.29) is 11.9 Å². The van der Waals surface area contributed by atoms with Crippen molar-refractivity contribution in [3.8, 4) is 6.07 Å². The number of rotatable bonds is 5. The van der Waals surface area contributed by atoms with Crippen LogP contribution in [-0.2, 0) is 9.53 Å². The summed E-state index contributed by atoms with van der Waals surface area (Å²) in [6.07, 6.45) is 1.69. The summed E-state index contributed by atoms with van der Waals surface area (Å²) in [6, 6.07) is 9.19. The van der Waals surface area contributed by atoms with Crippen molar-refractivity contribution in [1.29, 1.82) is 5.26 Å². The summed E-state index contributed by atoms with van der Waals surface area (Å²) >= 11 is 0. The van der Waals surface area contributed by atoms with E-state index in [0.29, 0.717) is 12.2 Å². The van der Waals surface area contributed by atoms with Crippen LogP contribution in [0, 0.1) is 11.3 Å². The first-order valence-corrected chi connectivity index (χ1v) is 5.89. The average Bonchev–Trinajstić information content (AvgIpc) is 2.36. The normalized spacial score (nSPS) is 11.6. The molecule has 0 N–H and O–H groups in total. The first-order chi connectivity index (χ1) is 8.22. The smallest absolute Gasteiger partial charge is 0.313 e. The predicted octanol–water partition coefficient (Wildman–Crippen LogP) is 3.01. The first-order valence-electron chi connectivity index (χ1n) is 5.89. The molecular weight excluding hydrogens is 214 g/mol. The van der Waals surface area contributed by atoms with Crippen molar-refractivity contribution >= 4 is 5.97 Å². The van der Waals surface area contributed by atoms with E-state index in [1.807, 2.05) is 19.1 Å². The maximum absolute atomic E-state index is 11.8. The minimum Gasteiger partial charge on any atom is -0.466 e. The van der Waals surface area contributed by atoms with Gasteiger partial charge in [-0.25, -0.2) is 0 Å². The zero-order chi connectivity index (χ0) is 12.7. The SMILES string of the molecule is CCCC(C(=O)OCC)c1ccc(C#N)cc1. The van der Waals surface area contributed by atoms with E-state index in [1.165, 1.54) is 0 Å². The molecule has 1 unspecified atom stereocenters. The van der Waals surface area contributed by atoms with Crippen molar-refractivity contribution in [3.05, 3.63) is 35.4 Å². The zero-order valence-electron chi connectivity index (χ0n) is 10.3. The Morgan fingerprint density at radius 2 is 2.00 bits per heavy atom. The summed E-state index contributed by atoms with van der Waals surface area (Å²) < 4.78 is 5.06. The van der Waals surface area contributed by atoms with Gasteiger partial charge in [-0.3, -0.25) is 4.79 Å². The van der Waals surface area contributed by atoms with Crippen LogP contribution < -0.4 is 0 Å². The lowest BCUT2D eigenvalue weighted by atomic mass is 9.94. The minimum absolute atomic E-state index is 0.181. The Bertz CT molecular complexity index is 403. The van der Waals surface area contributed by atoms with Gasteiger partial charge in [-0.1, -0.05) is 25.5 Å². The Morgan fingerprint density at radius 1 is 1.35 bits per heavy atom. The van der Waals surface area contributed by atoms with Crippen LogP contribution in [-0.4, -0.2) is 12.6 Å². The standard InChI is InChI=1S/C14H17NO2/c1-3-5-13(14(16)17-4-2)12-8-6-11(10-15)7-9-12/h6-9,13H,3-5H2,1-2H3. The molecule has 0 bridgehead atoms. The molecule has 0 aromatic heterocycles. The molecule has 1 aromatic rings. The van der Waals surface area contributed by atoms with Gasteiger partial charge in [0.05, 0.1) is 24.2 Å². The molecule has 0 aliphatic heterocycles. The second-order valence-electron chi connectivity index (χ2n) is 3.83. The molecule has 0 spiro atoms. The van der Waals surface area contributed by atoms with Crippen molar-refractivity contribution < 1.29 is 9.53 Å². The number of hydrogen-bond donors (Lipinski definition) is 0. The van der Waals surface area contributed by atoms with Gasteiger partial charge in [0, 0.05) is 0 Å². The van der Waals surface area contributed by atoms with E-state index < -0.39 is 0 Å². The lowest BCUT2D eigenvalue weighted by Crippen LogP contribution is -2.15. The van der Waals surface area contributed by atoms with Crippen molar-refractivity contribution in [1.82, 2.24) is 0 Å². The van der Waals surface area contributed by atoms with E-state index in [4.69, 9.17) is 10.00 Å². The highest BCUT2D eigenvalue weighted by Crippen LogP contribution is 2.23. The summed E-state index contributed by atoms with van der Waals surface area (Å²) in [5.74, 6) is -0.397. The largest absolute Gasteiger partial charge is 0.466 e. The van der Waals surface area contributed by atoms with E-state index in [9.17, 15) is 4.79 Å². The molecule has 17 heavy (non-hydrogen) atoms. The Labute approximate surface area is 102 Å². The minimum atomic E-state index is -0.215. The highest BCUT2D eigenvalue weighted by atomic mass is 16.5. The number of ether oxygens (including phenoxy) is 1. The van der Waals surface area contributed by atoms with Gasteiger partial charge in [0.15, 0.2) is 0 Å². The molecule has 1 aromatic carbocycles. The maximum Gasteiger partial charge on any atom is 0.313 e. The van der Waals surface area contributed by atoms with Gasteiger partial charge in [-0.2, -0.15) is 5.26 Å². The molecule has 0 amide bonds. The molecule has 0 radical (unpaired) electrons. The van der Waals surface area contributed by atoms with E-state index in [0.717, 1.165) is 18.4 Å². The van der Waals surface area contributed by atoms with Crippen LogP contribution in [0.3, 0.4) is 0 Å². The van der Waals surface area contributed by atoms with Gasteiger partial charge < -0.3 is 4.74 Å². The van der Waals surface area contributed by atoms with Crippen LogP contribution in [0.5, 0.6) is 0 Å². The molecule has 1 rings (SSSR count). The zero-order valence-corrected chi connectivity index (χ0v) is 10.3. The fourth-order valence-corrected chi connectivity index (χ4v) is 1.74. The number of esters is 1. The van der Waals surface area contributed by atoms with Gasteiger partial charge in [-0.15, -0.1) is 0 Å². The van der Waals surface area contributed by atoms with E-state index in [2.05, 4.69) is 6.07 Å². The van der Waals surface area contributed by atoms with Crippen LogP contribution in [0.1, 0.15) is 43.7 Å². The highest BCUT2D eigenvalue weighted by Gasteiger charge is 2.20. The molecule has 0 aliphatic rings. The molecule has 0 saturated heterocycles. The number of carbonyl (C=O) groups is 1. The van der Waals surface area contributed by atoms with Gasteiger partial charge >= 0.3 is 5.97 Å². The Hall–Kier alpha value is -1.82. The highest BCUT2D eigenvalue weighted by molar-refractivity contribution is 5.78. The Morgan fingerprint density at radius 3 is 2.47 bits per heavy atom. The van der Waals surface area contributed by atoms with Gasteiger partial charge in [-0.05, 0) is 31.0 Å². The third-order valence-electron chi connectivity index (χ3n) is 2.59. The number of benzene rings is 1. The van der Waals surface area contributed by atoms with Crippen molar-refractivity contribution in [3.63, 3.8) is 0 Å². The Balaban J connectivity index is 2.89. The second kappa shape index (κ2) is 6.70. The third-order valence-corrected chi connectivity index (χ3v) is 2.59. The lowest BCUT2D eigenvalue weighted by Gasteiger charge is -2.15. The number of hydrogen-bond acceptors (Lipinski definition) is 3. The second-order valence-corrected chi connectivity index (χ2v) is 3.83. The molecule has 0 fully saturated rings. The molecule has 90 valence electrons. The fourth-order valence-electron chi connectivity index (χ4n) is 1.74. The molecule has 0 aliphatic carbocycles. The molecule has 0 heterocycles. The topological polar surface area (TPSA) is 50.1 Å². The molecular formula is C14H17NO2. The Kier molecular flexibility index (Phi) is 5.22. The van der Waals surface area contributed by atoms with E-state index >= 15 is 0 Å². The molecule has 0 saturated carbocycles. The summed E-state index contributed by atoms with van der Waals surface area (Å²) in [7, 11) is 0. The lowest BCUT2D eigenvalue weighted by molar-refractivity contribution is -0.145. The molecule has 3 nitrogen and oxygen atoms in total. The van der Waals surface area contributed by atoms with Crippen LogP contribution in [0.4, 0.5) is 0 Å². The number of carbonyl (C=O) groups excluding carboxylic acids is 1. The monoisotopic (exact) mass is 231 g/mol. The number of nitriles is 1. The summed E-state index contributed by atoms with van der Waals surface area (Å²) in [5, 5.41) is 8.72. The fraction of sp³-hybridized carbons (Fsp3) is 0.429. The summed E-state index contributed by atoms with van der Waals surface area (Å²) in [6.45, 7) is 4.24. The van der Waals surface area contributed by atoms with Crippen molar-refractivity contribution in [2.75, 3.05) is 6.61 Å². The average molecular weight is 231 g/mol. The first kappa shape index (κ1) is 13.2. The predicted molar refractivity (Wildman–Crippen MR) is 65.4 cm³/mol. The van der Waals surface area contributed by atoms with Gasteiger partial charge in [0.2, 0.25) is 0 Å². The maximum atomic E-state index is 11.8. The van der Waals surface area contributed by atoms with Crippen LogP contribution in [0.15, 0.2) is 24.3 Å². The molecule has 1 atom stereocenters. The van der Waals surface area contributed by atoms with Crippen LogP contribution in [0.2, 0.25) is 0 Å². The van der Waals surface area contributed by atoms with Crippen molar-refractivity contribution in [2.24, 2.45) is 0 Å². The van der Waals surface area contributed by atoms with Crippen LogP contribution in [0.25, 0.3) is 0 Å². The van der Waals surface area contributed by atoms with Gasteiger partial charge in [0.1, 0.15) is 0 Å². The van der Waals surface area contributed by atoms with Crippen LogP contribution >= 0.6 is 0 Å². The van der Waals surface area contributed by atoms with Crippen molar-refractivity contribution in [2.45, 2.75) is 32.6 Å². The number of nitrogens with zero attached hydrogens (tertiary/aromatic N) is 1.